The molecule has 0 aliphatic heterocycles. The van der Waals surface area contributed by atoms with Crippen LogP contribution >= 0.6 is 0 Å². The van der Waals surface area contributed by atoms with Crippen LogP contribution in [0.5, 0.6) is 0 Å². The fraction of sp³-hybridized carbons (Fsp3) is 0.278. The molecule has 1 heteroatoms. The second-order valence-corrected chi connectivity index (χ2v) is 5.10. The van der Waals surface area contributed by atoms with Crippen LogP contribution in [0.3, 0.4) is 0 Å². The molecule has 0 aliphatic carbocycles. The summed E-state index contributed by atoms with van der Waals surface area (Å²) in [5.41, 5.74) is 2.59. The van der Waals surface area contributed by atoms with E-state index in [4.69, 9.17) is 0 Å². The average Bonchev–Trinajstić information content (AvgIpc) is 2.48. The number of hydrogen-bond donors (Lipinski definition) is 0. The standard InChI is InChI=1S/C18H19N/c1-3-13(4-2)16-9-5-7-14-10-11-15-8-6-12-19-18(15)17(14)16/h5-13H,3-4H2,1-2H3. The Morgan fingerprint density at radius 2 is 1.63 bits per heavy atom. The molecule has 0 bridgehead atoms. The molecule has 0 radical (unpaired) electrons. The fourth-order valence-corrected chi connectivity index (χ4v) is 3.01. The van der Waals surface area contributed by atoms with Gasteiger partial charge in [-0.3, -0.25) is 4.98 Å². The first kappa shape index (κ1) is 12.2. The van der Waals surface area contributed by atoms with Crippen LogP contribution in [-0.2, 0) is 0 Å². The second kappa shape index (κ2) is 5.00. The maximum absolute atomic E-state index is 4.62. The summed E-state index contributed by atoms with van der Waals surface area (Å²) in [4.78, 5) is 4.62. The molecular formula is C18H19N. The predicted molar refractivity (Wildman–Crippen MR) is 82.6 cm³/mol. The summed E-state index contributed by atoms with van der Waals surface area (Å²) in [6, 6.07) is 15.2. The molecule has 1 aromatic heterocycles. The van der Waals surface area contributed by atoms with Gasteiger partial charge in [-0.05, 0) is 35.8 Å². The van der Waals surface area contributed by atoms with E-state index in [1.54, 1.807) is 0 Å². The fourth-order valence-electron chi connectivity index (χ4n) is 3.01. The van der Waals surface area contributed by atoms with Gasteiger partial charge in [-0.25, -0.2) is 0 Å². The molecule has 0 atom stereocenters. The van der Waals surface area contributed by atoms with Crippen LogP contribution in [0.2, 0.25) is 0 Å². The molecule has 0 aliphatic rings. The Morgan fingerprint density at radius 3 is 2.42 bits per heavy atom. The molecule has 96 valence electrons. The van der Waals surface area contributed by atoms with Crippen LogP contribution in [0.4, 0.5) is 0 Å². The lowest BCUT2D eigenvalue weighted by Crippen LogP contribution is -1.97. The predicted octanol–water partition coefficient (Wildman–Crippen LogP) is 5.29. The molecule has 0 saturated heterocycles. The zero-order valence-electron chi connectivity index (χ0n) is 11.6. The average molecular weight is 249 g/mol. The van der Waals surface area contributed by atoms with E-state index in [1.807, 2.05) is 12.3 Å². The first-order valence-corrected chi connectivity index (χ1v) is 7.11. The minimum atomic E-state index is 0.622. The smallest absolute Gasteiger partial charge is 0.0783 e. The topological polar surface area (TPSA) is 12.9 Å². The highest BCUT2D eigenvalue weighted by molar-refractivity contribution is 6.07. The number of fused-ring (bicyclic) bond motifs is 3. The van der Waals surface area contributed by atoms with Gasteiger partial charge in [0.15, 0.2) is 0 Å². The summed E-state index contributed by atoms with van der Waals surface area (Å²) in [6.07, 6.45) is 4.25. The molecule has 0 N–H and O–H groups in total. The third-order valence-electron chi connectivity index (χ3n) is 4.07. The molecule has 1 nitrogen and oxygen atoms in total. The van der Waals surface area contributed by atoms with Crippen molar-refractivity contribution in [1.29, 1.82) is 0 Å². The number of nitrogens with zero attached hydrogens (tertiary/aromatic N) is 1. The van der Waals surface area contributed by atoms with E-state index in [0.717, 1.165) is 5.52 Å². The van der Waals surface area contributed by atoms with Gasteiger partial charge in [0.2, 0.25) is 0 Å². The van der Waals surface area contributed by atoms with Crippen molar-refractivity contribution in [2.75, 3.05) is 0 Å². The van der Waals surface area contributed by atoms with Gasteiger partial charge in [-0.1, -0.05) is 50.2 Å². The summed E-state index contributed by atoms with van der Waals surface area (Å²) in [5, 5.41) is 3.87. The Hall–Kier alpha value is -1.89. The van der Waals surface area contributed by atoms with Gasteiger partial charge in [0, 0.05) is 17.0 Å². The molecule has 0 amide bonds. The van der Waals surface area contributed by atoms with E-state index in [9.17, 15) is 0 Å². The molecule has 19 heavy (non-hydrogen) atoms. The number of hydrogen-bond acceptors (Lipinski definition) is 1. The van der Waals surface area contributed by atoms with Crippen molar-refractivity contribution in [3.05, 3.63) is 54.2 Å². The van der Waals surface area contributed by atoms with Gasteiger partial charge < -0.3 is 0 Å². The quantitative estimate of drug-likeness (QED) is 0.574. The minimum absolute atomic E-state index is 0.622. The second-order valence-electron chi connectivity index (χ2n) is 5.10. The van der Waals surface area contributed by atoms with Crippen molar-refractivity contribution in [2.45, 2.75) is 32.6 Å². The van der Waals surface area contributed by atoms with Crippen molar-refractivity contribution in [3.8, 4) is 0 Å². The largest absolute Gasteiger partial charge is 0.256 e. The zero-order chi connectivity index (χ0) is 13.2. The lowest BCUT2D eigenvalue weighted by Gasteiger charge is -2.16. The third kappa shape index (κ3) is 1.99. The number of benzene rings is 2. The highest BCUT2D eigenvalue weighted by Crippen LogP contribution is 2.33. The molecule has 0 spiro atoms. The molecular weight excluding hydrogens is 230 g/mol. The van der Waals surface area contributed by atoms with Gasteiger partial charge in [0.1, 0.15) is 0 Å². The highest BCUT2D eigenvalue weighted by Gasteiger charge is 2.13. The van der Waals surface area contributed by atoms with E-state index in [0.29, 0.717) is 5.92 Å². The van der Waals surface area contributed by atoms with Crippen LogP contribution < -0.4 is 0 Å². The summed E-state index contributed by atoms with van der Waals surface area (Å²) in [7, 11) is 0. The van der Waals surface area contributed by atoms with Crippen LogP contribution in [0, 0.1) is 0 Å². The van der Waals surface area contributed by atoms with E-state index >= 15 is 0 Å². The van der Waals surface area contributed by atoms with Crippen molar-refractivity contribution in [1.82, 2.24) is 4.98 Å². The first-order valence-electron chi connectivity index (χ1n) is 7.11. The molecule has 3 aromatic rings. The van der Waals surface area contributed by atoms with Gasteiger partial charge in [-0.15, -0.1) is 0 Å². The lowest BCUT2D eigenvalue weighted by molar-refractivity contribution is 0.647. The minimum Gasteiger partial charge on any atom is -0.256 e. The van der Waals surface area contributed by atoms with Gasteiger partial charge >= 0.3 is 0 Å². The van der Waals surface area contributed by atoms with Gasteiger partial charge in [0.25, 0.3) is 0 Å². The van der Waals surface area contributed by atoms with E-state index in [2.05, 4.69) is 55.2 Å². The molecule has 2 aromatic carbocycles. The maximum Gasteiger partial charge on any atom is 0.0783 e. The third-order valence-corrected chi connectivity index (χ3v) is 4.07. The number of aromatic nitrogens is 1. The van der Waals surface area contributed by atoms with Crippen LogP contribution in [0.1, 0.15) is 38.2 Å². The van der Waals surface area contributed by atoms with Crippen molar-refractivity contribution in [3.63, 3.8) is 0 Å². The molecule has 0 unspecified atom stereocenters. The van der Waals surface area contributed by atoms with Crippen LogP contribution in [0.25, 0.3) is 21.7 Å². The molecule has 0 saturated carbocycles. The van der Waals surface area contributed by atoms with Crippen molar-refractivity contribution >= 4 is 21.7 Å². The van der Waals surface area contributed by atoms with Crippen molar-refractivity contribution < 1.29 is 0 Å². The van der Waals surface area contributed by atoms with E-state index < -0.39 is 0 Å². The lowest BCUT2D eigenvalue weighted by atomic mass is 9.89. The number of pyridine rings is 1. The normalized spacial score (nSPS) is 11.5. The van der Waals surface area contributed by atoms with E-state index in [1.165, 1.54) is 34.6 Å². The summed E-state index contributed by atoms with van der Waals surface area (Å²) >= 11 is 0. The molecule has 0 fully saturated rings. The SMILES string of the molecule is CCC(CC)c1cccc2ccc3cccnc3c12. The van der Waals surface area contributed by atoms with Crippen molar-refractivity contribution in [2.24, 2.45) is 0 Å². The maximum atomic E-state index is 4.62. The Kier molecular flexibility index (Phi) is 3.20. The summed E-state index contributed by atoms with van der Waals surface area (Å²) < 4.78 is 0. The monoisotopic (exact) mass is 249 g/mol. The summed E-state index contributed by atoms with van der Waals surface area (Å²) in [6.45, 7) is 4.54. The zero-order valence-corrected chi connectivity index (χ0v) is 11.6. The molecule has 3 rings (SSSR count). The van der Waals surface area contributed by atoms with Gasteiger partial charge in [0.05, 0.1) is 5.52 Å². The summed E-state index contributed by atoms with van der Waals surface area (Å²) in [5.74, 6) is 0.622. The van der Waals surface area contributed by atoms with Gasteiger partial charge in [-0.2, -0.15) is 0 Å². The highest BCUT2D eigenvalue weighted by atomic mass is 14.6. The first-order chi connectivity index (χ1) is 9.35. The van der Waals surface area contributed by atoms with Crippen LogP contribution in [-0.4, -0.2) is 4.98 Å². The Balaban J connectivity index is 2.41. The Labute approximate surface area is 114 Å². The van der Waals surface area contributed by atoms with E-state index in [-0.39, 0.29) is 0 Å². The number of rotatable bonds is 3. The Morgan fingerprint density at radius 1 is 0.895 bits per heavy atom. The molecule has 1 heterocycles. The Bertz CT molecular complexity index is 711. The van der Waals surface area contributed by atoms with Crippen LogP contribution in [0.15, 0.2) is 48.7 Å².